The molecule has 2 aromatic heterocycles. The molecule has 3 aromatic rings. The molecule has 134 valence electrons. The number of para-hydroxylation sites is 1. The fourth-order valence-electron chi connectivity index (χ4n) is 2.85. The van der Waals surface area contributed by atoms with Gasteiger partial charge in [0.15, 0.2) is 0 Å². The lowest BCUT2D eigenvalue weighted by atomic mass is 10.1. The zero-order valence-corrected chi connectivity index (χ0v) is 15.2. The highest BCUT2D eigenvalue weighted by Crippen LogP contribution is 2.27. The highest BCUT2D eigenvalue weighted by Gasteiger charge is 2.24. The van der Waals surface area contributed by atoms with Crippen LogP contribution in [-0.2, 0) is 4.79 Å². The van der Waals surface area contributed by atoms with Crippen molar-refractivity contribution in [2.24, 2.45) is 5.73 Å². The topological polar surface area (TPSA) is 107 Å². The van der Waals surface area contributed by atoms with E-state index in [4.69, 9.17) is 5.73 Å². The first kappa shape index (κ1) is 17.8. The number of nitrogens with two attached hydrogens (primary N) is 1. The number of rotatable bonds is 5. The minimum absolute atomic E-state index is 0.301. The van der Waals surface area contributed by atoms with Gasteiger partial charge in [0.05, 0.1) is 16.6 Å². The van der Waals surface area contributed by atoms with Gasteiger partial charge in [-0.1, -0.05) is 25.1 Å². The summed E-state index contributed by atoms with van der Waals surface area (Å²) in [5, 5.41) is 3.14. The number of anilines is 1. The number of aromatic nitrogens is 2. The Morgan fingerprint density at radius 2 is 2.00 bits per heavy atom. The number of carbonyl (C=O) groups is 2. The van der Waals surface area contributed by atoms with Gasteiger partial charge in [0.25, 0.3) is 11.5 Å². The molecule has 1 atom stereocenters. The lowest BCUT2D eigenvalue weighted by Crippen LogP contribution is -2.33. The maximum Gasteiger partial charge on any atom is 0.263 e. The molecular formula is C18H18N4O3S. The number of aryl methyl sites for hydroxylation is 1. The molecule has 0 spiro atoms. The molecule has 0 radical (unpaired) electrons. The fraction of sp³-hybridized carbons (Fsp3) is 0.222. The van der Waals surface area contributed by atoms with Crippen LogP contribution in [0.4, 0.5) is 5.69 Å². The second kappa shape index (κ2) is 7.09. The molecule has 1 aromatic carbocycles. The smallest absolute Gasteiger partial charge is 0.263 e. The van der Waals surface area contributed by atoms with Gasteiger partial charge in [-0.3, -0.25) is 19.0 Å². The first-order valence-corrected chi connectivity index (χ1v) is 8.91. The molecule has 7 nitrogen and oxygen atoms in total. The summed E-state index contributed by atoms with van der Waals surface area (Å²) in [7, 11) is 0. The van der Waals surface area contributed by atoms with E-state index in [-0.39, 0.29) is 11.5 Å². The monoisotopic (exact) mass is 370 g/mol. The van der Waals surface area contributed by atoms with Crippen molar-refractivity contribution in [1.82, 2.24) is 9.55 Å². The summed E-state index contributed by atoms with van der Waals surface area (Å²) in [4.78, 5) is 42.1. The van der Waals surface area contributed by atoms with E-state index in [1.165, 1.54) is 10.9 Å². The molecule has 0 aliphatic rings. The van der Waals surface area contributed by atoms with Gasteiger partial charge in [-0.25, -0.2) is 4.98 Å². The Labute approximate surface area is 153 Å². The first-order valence-electron chi connectivity index (χ1n) is 8.10. The zero-order chi connectivity index (χ0) is 18.8. The summed E-state index contributed by atoms with van der Waals surface area (Å²) in [6, 6.07) is 8.32. The second-order valence-corrected chi connectivity index (χ2v) is 6.84. The van der Waals surface area contributed by atoms with Crippen molar-refractivity contribution in [3.05, 3.63) is 57.5 Å². The lowest BCUT2D eigenvalue weighted by molar-refractivity contribution is -0.119. The maximum absolute atomic E-state index is 12.9. The second-order valence-electron chi connectivity index (χ2n) is 5.84. The van der Waals surface area contributed by atoms with Crippen LogP contribution in [0.15, 0.2) is 41.5 Å². The molecule has 1 unspecified atom stereocenters. The number of carbonyl (C=O) groups excluding carboxylic acids is 2. The minimum atomic E-state index is -0.712. The molecule has 0 saturated heterocycles. The van der Waals surface area contributed by atoms with E-state index in [0.29, 0.717) is 32.8 Å². The summed E-state index contributed by atoms with van der Waals surface area (Å²) < 4.78 is 1.31. The summed E-state index contributed by atoms with van der Waals surface area (Å²) >= 11 is 1.09. The summed E-state index contributed by atoms with van der Waals surface area (Å²) in [6.07, 6.45) is 1.77. The number of primary amides is 1. The largest absolute Gasteiger partial charge is 0.365 e. The minimum Gasteiger partial charge on any atom is -0.365 e. The van der Waals surface area contributed by atoms with Gasteiger partial charge in [0.1, 0.15) is 10.9 Å². The third-order valence-electron chi connectivity index (χ3n) is 4.17. The van der Waals surface area contributed by atoms with Crippen molar-refractivity contribution >= 4 is 39.1 Å². The maximum atomic E-state index is 12.9. The fourth-order valence-corrected chi connectivity index (χ4v) is 3.84. The number of thiophene rings is 1. The van der Waals surface area contributed by atoms with Gasteiger partial charge in [-0.05, 0) is 31.0 Å². The van der Waals surface area contributed by atoms with Gasteiger partial charge in [0, 0.05) is 5.69 Å². The standard InChI is InChI=1S/C18H18N4O3S/c1-3-12(16(24)21-11-7-5-4-6-8-11)22-9-20-17-13(18(22)25)10(2)14(26-17)15(19)23/h4-9,12H,3H2,1-2H3,(H2,19,23)(H,21,24). The van der Waals surface area contributed by atoms with Crippen molar-refractivity contribution < 1.29 is 9.59 Å². The van der Waals surface area contributed by atoms with Crippen LogP contribution in [0.2, 0.25) is 0 Å². The van der Waals surface area contributed by atoms with E-state index in [0.717, 1.165) is 11.3 Å². The summed E-state index contributed by atoms with van der Waals surface area (Å²) in [6.45, 7) is 3.48. The van der Waals surface area contributed by atoms with Crippen LogP contribution in [0, 0.1) is 6.92 Å². The molecular weight excluding hydrogens is 352 g/mol. The number of amides is 2. The third-order valence-corrected chi connectivity index (χ3v) is 5.38. The number of hydrogen-bond acceptors (Lipinski definition) is 5. The first-order chi connectivity index (χ1) is 12.4. The summed E-state index contributed by atoms with van der Waals surface area (Å²) in [5.74, 6) is -0.893. The molecule has 8 heteroatoms. The van der Waals surface area contributed by atoms with Crippen molar-refractivity contribution in [1.29, 1.82) is 0 Å². The Morgan fingerprint density at radius 1 is 1.31 bits per heavy atom. The van der Waals surface area contributed by atoms with E-state index in [1.807, 2.05) is 25.1 Å². The van der Waals surface area contributed by atoms with Crippen molar-refractivity contribution in [2.45, 2.75) is 26.3 Å². The average Bonchev–Trinajstić information content (AvgIpc) is 2.96. The molecule has 0 aliphatic carbocycles. The number of hydrogen-bond donors (Lipinski definition) is 2. The molecule has 0 fully saturated rings. The van der Waals surface area contributed by atoms with Gasteiger partial charge in [0.2, 0.25) is 5.91 Å². The van der Waals surface area contributed by atoms with Gasteiger partial charge >= 0.3 is 0 Å². The van der Waals surface area contributed by atoms with Gasteiger partial charge in [-0.15, -0.1) is 11.3 Å². The van der Waals surface area contributed by atoms with Crippen molar-refractivity contribution in [3.63, 3.8) is 0 Å². The Hall–Kier alpha value is -3.00. The van der Waals surface area contributed by atoms with Crippen LogP contribution >= 0.6 is 11.3 Å². The molecule has 3 rings (SSSR count). The Bertz CT molecular complexity index is 1040. The molecule has 0 bridgehead atoms. The third kappa shape index (κ3) is 3.11. The predicted molar refractivity (Wildman–Crippen MR) is 102 cm³/mol. The van der Waals surface area contributed by atoms with E-state index < -0.39 is 11.9 Å². The van der Waals surface area contributed by atoms with E-state index in [2.05, 4.69) is 10.3 Å². The molecule has 0 aliphatic heterocycles. The molecule has 3 N–H and O–H groups in total. The van der Waals surface area contributed by atoms with E-state index in [1.54, 1.807) is 19.1 Å². The number of benzene rings is 1. The quantitative estimate of drug-likeness (QED) is 0.719. The Morgan fingerprint density at radius 3 is 2.62 bits per heavy atom. The number of fused-ring (bicyclic) bond motifs is 1. The van der Waals surface area contributed by atoms with E-state index >= 15 is 0 Å². The van der Waals surface area contributed by atoms with Crippen LogP contribution in [0.1, 0.15) is 34.6 Å². The van der Waals surface area contributed by atoms with Crippen molar-refractivity contribution in [2.75, 3.05) is 5.32 Å². The lowest BCUT2D eigenvalue weighted by Gasteiger charge is -2.17. The predicted octanol–water partition coefficient (Wildman–Crippen LogP) is 2.46. The zero-order valence-electron chi connectivity index (χ0n) is 14.4. The molecule has 26 heavy (non-hydrogen) atoms. The molecule has 2 amide bonds. The number of nitrogens with zero attached hydrogens (tertiary/aromatic N) is 2. The van der Waals surface area contributed by atoms with Crippen LogP contribution in [-0.4, -0.2) is 21.4 Å². The SMILES string of the molecule is CCC(C(=O)Nc1ccccc1)n1cnc2sc(C(N)=O)c(C)c2c1=O. The number of nitrogens with one attached hydrogen (secondary N) is 1. The van der Waals surface area contributed by atoms with Crippen LogP contribution in [0.5, 0.6) is 0 Å². The Balaban J connectivity index is 2.03. The molecule has 2 heterocycles. The Kier molecular flexibility index (Phi) is 4.85. The van der Waals surface area contributed by atoms with Gasteiger partial charge in [-0.2, -0.15) is 0 Å². The van der Waals surface area contributed by atoms with Crippen molar-refractivity contribution in [3.8, 4) is 0 Å². The normalized spacial score (nSPS) is 12.1. The highest BCUT2D eigenvalue weighted by atomic mass is 32.1. The van der Waals surface area contributed by atoms with E-state index in [9.17, 15) is 14.4 Å². The van der Waals surface area contributed by atoms with Gasteiger partial charge < -0.3 is 11.1 Å². The molecule has 0 saturated carbocycles. The van der Waals surface area contributed by atoms with Crippen LogP contribution < -0.4 is 16.6 Å². The van der Waals surface area contributed by atoms with Crippen LogP contribution in [0.3, 0.4) is 0 Å². The van der Waals surface area contributed by atoms with Crippen LogP contribution in [0.25, 0.3) is 10.2 Å². The highest BCUT2D eigenvalue weighted by molar-refractivity contribution is 7.20. The summed E-state index contributed by atoms with van der Waals surface area (Å²) in [5.41, 5.74) is 6.16. The average molecular weight is 370 g/mol.